The molecule has 6 heterocycles. The topological polar surface area (TPSA) is 349 Å². The van der Waals surface area contributed by atoms with Gasteiger partial charge in [0.2, 0.25) is 0 Å². The van der Waals surface area contributed by atoms with Crippen LogP contribution >= 0.6 is 0 Å². The summed E-state index contributed by atoms with van der Waals surface area (Å²) in [5.41, 5.74) is 17.6. The summed E-state index contributed by atoms with van der Waals surface area (Å²) >= 11 is 0. The zero-order valence-corrected chi connectivity index (χ0v) is 44.1. The Hall–Kier alpha value is -9.99. The second-order valence-electron chi connectivity index (χ2n) is 19.1. The Balaban J connectivity index is 0.000000145. The van der Waals surface area contributed by atoms with E-state index in [-0.39, 0.29) is 22.4 Å². The Morgan fingerprint density at radius 1 is 0.487 bits per heavy atom. The summed E-state index contributed by atoms with van der Waals surface area (Å²) in [6.45, 7) is 10.4. The van der Waals surface area contributed by atoms with Crippen molar-refractivity contribution in [2.75, 3.05) is 96.5 Å². The second-order valence-corrected chi connectivity index (χ2v) is 19.1. The molecule has 6 N–H and O–H groups in total. The molecule has 80 heavy (non-hydrogen) atoms. The first-order valence-corrected chi connectivity index (χ1v) is 26.3. The van der Waals surface area contributed by atoms with Gasteiger partial charge in [0.15, 0.2) is 0 Å². The van der Waals surface area contributed by atoms with E-state index in [0.29, 0.717) is 22.5 Å². The smallest absolute Gasteiger partial charge is 0.293 e. The monoisotopic (exact) mass is 1080 g/mol. The lowest BCUT2D eigenvalue weighted by molar-refractivity contribution is -0.394. The highest BCUT2D eigenvalue weighted by atomic mass is 16.6. The number of non-ortho nitro benzene ring substituents is 1. The van der Waals surface area contributed by atoms with E-state index in [0.717, 1.165) is 130 Å². The SMILES string of the molecule is N#Cc1ccc(N2CCCCC2)cc1N.N#Cc1ccc(N2CCCCC2)cc1[N+](=O)[O-].N#Cc1ccc([N+](=O)[O-])cc1[N+](=O)[O-].Nc1ncnc2cc(N3CCCCC3)ccc12.O=c1[nH]cnc2cc(N3CCNCC3)ccc12. The van der Waals surface area contributed by atoms with Gasteiger partial charge in [-0.15, -0.1) is 0 Å². The molecule has 0 saturated carbocycles. The number of benzene rings is 5. The molecule has 0 unspecified atom stereocenters. The number of rotatable bonds is 7. The van der Waals surface area contributed by atoms with Crippen molar-refractivity contribution in [3.05, 3.63) is 161 Å². The third kappa shape index (κ3) is 15.4. The van der Waals surface area contributed by atoms with E-state index in [9.17, 15) is 35.1 Å². The number of fused-ring (bicyclic) bond motifs is 2. The molecule has 24 heteroatoms. The van der Waals surface area contributed by atoms with Gasteiger partial charge in [-0.2, -0.15) is 15.8 Å². The highest BCUT2D eigenvalue weighted by Crippen LogP contribution is 2.29. The van der Waals surface area contributed by atoms with Gasteiger partial charge < -0.3 is 41.4 Å². The first kappa shape index (κ1) is 57.7. The molecule has 24 nitrogen and oxygen atoms in total. The number of nitrogens with two attached hydrogens (primary N) is 2. The average molecular weight is 1080 g/mol. The number of nitro benzene ring substituents is 3. The van der Waals surface area contributed by atoms with Crippen LogP contribution in [0.15, 0.2) is 108 Å². The normalized spacial score (nSPS) is 14.8. The van der Waals surface area contributed by atoms with Crippen LogP contribution in [-0.2, 0) is 0 Å². The number of piperidine rings is 3. The van der Waals surface area contributed by atoms with Crippen LogP contribution < -0.4 is 41.9 Å². The average Bonchev–Trinajstić information content (AvgIpc) is 3.50. The number of nitrogens with zero attached hydrogens (tertiary/aromatic N) is 13. The number of hydrogen-bond acceptors (Lipinski definition) is 20. The molecule has 4 fully saturated rings. The maximum Gasteiger partial charge on any atom is 0.293 e. The number of hydrogen-bond donors (Lipinski definition) is 4. The van der Waals surface area contributed by atoms with Gasteiger partial charge >= 0.3 is 0 Å². The third-order valence-electron chi connectivity index (χ3n) is 13.9. The summed E-state index contributed by atoms with van der Waals surface area (Å²) in [5.74, 6) is 0.556. The highest BCUT2D eigenvalue weighted by molar-refractivity contribution is 5.90. The van der Waals surface area contributed by atoms with E-state index >= 15 is 0 Å². The van der Waals surface area contributed by atoms with Crippen molar-refractivity contribution in [2.45, 2.75) is 57.8 Å². The number of nitrogens with one attached hydrogen (secondary N) is 2. The predicted molar refractivity (Wildman–Crippen MR) is 307 cm³/mol. The van der Waals surface area contributed by atoms with Crippen molar-refractivity contribution in [2.24, 2.45) is 0 Å². The molecular weight excluding hydrogens is 1020 g/mol. The molecule has 4 aliphatic heterocycles. The summed E-state index contributed by atoms with van der Waals surface area (Å²) in [6, 6.07) is 31.0. The molecule has 2 aromatic heterocycles. The fourth-order valence-electron chi connectivity index (χ4n) is 9.59. The number of nitro groups is 3. The van der Waals surface area contributed by atoms with Crippen LogP contribution in [0.5, 0.6) is 0 Å². The van der Waals surface area contributed by atoms with Crippen LogP contribution in [0.3, 0.4) is 0 Å². The third-order valence-corrected chi connectivity index (χ3v) is 13.9. The van der Waals surface area contributed by atoms with Gasteiger partial charge in [-0.05, 0) is 131 Å². The summed E-state index contributed by atoms with van der Waals surface area (Å²) in [5, 5.41) is 62.5. The first-order chi connectivity index (χ1) is 38.8. The van der Waals surface area contributed by atoms with Crippen LogP contribution in [0.2, 0.25) is 0 Å². The molecule has 4 saturated heterocycles. The van der Waals surface area contributed by atoms with Gasteiger partial charge in [0.1, 0.15) is 41.5 Å². The number of anilines is 6. The Morgan fingerprint density at radius 2 is 0.925 bits per heavy atom. The van der Waals surface area contributed by atoms with Gasteiger partial charge in [0.05, 0.1) is 54.8 Å². The molecule has 4 aliphatic rings. The largest absolute Gasteiger partial charge is 0.398 e. The molecule has 5 aromatic carbocycles. The fraction of sp³-hybridized carbons (Fsp3) is 0.339. The molecular formula is C56H61N17O7. The number of aromatic amines is 1. The van der Waals surface area contributed by atoms with Crippen molar-refractivity contribution in [3.8, 4) is 18.2 Å². The van der Waals surface area contributed by atoms with E-state index in [4.69, 9.17) is 27.3 Å². The molecule has 0 amide bonds. The van der Waals surface area contributed by atoms with Gasteiger partial charge in [0.25, 0.3) is 22.6 Å². The quantitative estimate of drug-likeness (QED) is 0.0660. The number of nitriles is 3. The van der Waals surface area contributed by atoms with Crippen LogP contribution in [0.4, 0.5) is 51.3 Å². The number of nitrogen functional groups attached to an aromatic ring is 2. The van der Waals surface area contributed by atoms with Gasteiger partial charge in [-0.3, -0.25) is 35.1 Å². The zero-order chi connectivity index (χ0) is 57.0. The minimum Gasteiger partial charge on any atom is -0.398 e. The molecule has 0 radical (unpaired) electrons. The van der Waals surface area contributed by atoms with Crippen molar-refractivity contribution < 1.29 is 14.8 Å². The molecule has 0 aliphatic carbocycles. The van der Waals surface area contributed by atoms with E-state index < -0.39 is 26.1 Å². The number of piperazine rings is 1. The number of aromatic nitrogens is 4. The maximum atomic E-state index is 11.5. The van der Waals surface area contributed by atoms with Crippen molar-refractivity contribution in [3.63, 3.8) is 0 Å². The maximum absolute atomic E-state index is 11.5. The minimum absolute atomic E-state index is 0.0816. The Labute approximate surface area is 460 Å². The number of H-pyrrole nitrogens is 1. The zero-order valence-electron chi connectivity index (χ0n) is 44.1. The minimum atomic E-state index is -0.828. The van der Waals surface area contributed by atoms with Crippen LogP contribution in [-0.4, -0.2) is 100 Å². The van der Waals surface area contributed by atoms with E-state index in [2.05, 4.69) is 63.1 Å². The Kier molecular flexibility index (Phi) is 20.5. The van der Waals surface area contributed by atoms with Crippen molar-refractivity contribution in [1.82, 2.24) is 25.3 Å². The van der Waals surface area contributed by atoms with Gasteiger partial charge in [-0.25, -0.2) is 15.0 Å². The summed E-state index contributed by atoms with van der Waals surface area (Å²) in [6.07, 6.45) is 14.2. The fourth-order valence-corrected chi connectivity index (χ4v) is 9.59. The highest BCUT2D eigenvalue weighted by Gasteiger charge is 2.21. The van der Waals surface area contributed by atoms with E-state index in [1.54, 1.807) is 18.2 Å². The van der Waals surface area contributed by atoms with Gasteiger partial charge in [0, 0.05) is 106 Å². The molecule has 7 aromatic rings. The predicted octanol–water partition coefficient (Wildman–Crippen LogP) is 8.50. The standard InChI is InChI=1S/C13H16N4.C12H14N4O.C12H13N3O2.C12H15N3.C7H3N3O4/c14-13-11-5-4-10(8-12(11)15-9-16-13)17-6-2-1-3-7-17;17-12-10-2-1-9(7-11(10)14-8-15-12)16-5-3-13-4-6-16;13-9-10-4-5-11(8-12(10)15(16)17)14-6-2-1-3-7-14;13-9-10-4-5-11(8-12(10)14)15-6-2-1-3-7-15;8-4-5-1-2-6(9(11)12)3-7(5)10(13)14/h4-5,8-9H,1-3,6-7H2,(H2,14,15,16);1-2,7-8,13H,3-6H2,(H,14,15,17);4-5,8H,1-3,6-7H2;4-5,8H,1-3,6-7,14H2;1-3H. The molecule has 0 spiro atoms. The molecule has 0 bridgehead atoms. The van der Waals surface area contributed by atoms with Crippen molar-refractivity contribution in [1.29, 1.82) is 15.8 Å². The Bertz CT molecular complexity index is 3500. The van der Waals surface area contributed by atoms with Crippen LogP contribution in [0.1, 0.15) is 74.5 Å². The van der Waals surface area contributed by atoms with Crippen molar-refractivity contribution >= 4 is 73.1 Å². The van der Waals surface area contributed by atoms with Crippen LogP contribution in [0.25, 0.3) is 21.8 Å². The van der Waals surface area contributed by atoms with E-state index in [1.807, 2.05) is 42.5 Å². The summed E-state index contributed by atoms with van der Waals surface area (Å²) in [7, 11) is 0. The lowest BCUT2D eigenvalue weighted by Crippen LogP contribution is -2.43. The first-order valence-electron chi connectivity index (χ1n) is 26.3. The molecule has 11 rings (SSSR count). The lowest BCUT2D eigenvalue weighted by atomic mass is 10.1. The molecule has 412 valence electrons. The summed E-state index contributed by atoms with van der Waals surface area (Å²) in [4.78, 5) is 65.2. The van der Waals surface area contributed by atoms with Crippen LogP contribution in [0, 0.1) is 64.3 Å². The molecule has 0 atom stereocenters. The van der Waals surface area contributed by atoms with Gasteiger partial charge in [-0.1, -0.05) is 0 Å². The lowest BCUT2D eigenvalue weighted by Gasteiger charge is -2.29. The van der Waals surface area contributed by atoms with E-state index in [1.165, 1.54) is 75.4 Å². The Morgan fingerprint density at radius 3 is 1.43 bits per heavy atom. The second kappa shape index (κ2) is 28.4. The summed E-state index contributed by atoms with van der Waals surface area (Å²) < 4.78 is 0.